The number of ether oxygens (including phenoxy) is 2. The predicted molar refractivity (Wildman–Crippen MR) is 136 cm³/mol. The maximum absolute atomic E-state index is 12.9. The molecule has 0 radical (unpaired) electrons. The summed E-state index contributed by atoms with van der Waals surface area (Å²) in [6.45, 7) is 1.71. The van der Waals surface area contributed by atoms with Gasteiger partial charge in [0, 0.05) is 10.6 Å². The topological polar surface area (TPSA) is 114 Å². The molecule has 0 saturated heterocycles. The zero-order chi connectivity index (χ0) is 25.5. The second-order valence-corrected chi connectivity index (χ2v) is 9.09. The van der Waals surface area contributed by atoms with Crippen LogP contribution in [0.15, 0.2) is 65.6 Å². The molecule has 0 spiro atoms. The third kappa shape index (κ3) is 6.46. The van der Waals surface area contributed by atoms with E-state index < -0.39 is 17.1 Å². The molecule has 0 aliphatic carbocycles. The Morgan fingerprint density at radius 3 is 2.23 bits per heavy atom. The Hall–Kier alpha value is -3.69. The first kappa shape index (κ1) is 25.9. The lowest BCUT2D eigenvalue weighted by molar-refractivity contribution is -0.115. The van der Waals surface area contributed by atoms with Crippen LogP contribution in [0.3, 0.4) is 0 Å². The molecular formula is C25H23ClN2O6S. The van der Waals surface area contributed by atoms with Crippen LogP contribution < -0.4 is 20.1 Å². The summed E-state index contributed by atoms with van der Waals surface area (Å²) in [5.41, 5.74) is 1.03. The largest absolute Gasteiger partial charge is 0.496 e. The summed E-state index contributed by atoms with van der Waals surface area (Å²) in [6.07, 6.45) is 0. The minimum absolute atomic E-state index is 0.0140. The van der Waals surface area contributed by atoms with Gasteiger partial charge in [-0.2, -0.15) is 0 Å². The highest BCUT2D eigenvalue weighted by Crippen LogP contribution is 2.31. The van der Waals surface area contributed by atoms with Gasteiger partial charge in [0.05, 0.1) is 35.7 Å². The zero-order valence-corrected chi connectivity index (χ0v) is 20.7. The van der Waals surface area contributed by atoms with E-state index in [9.17, 15) is 14.4 Å². The Balaban J connectivity index is 1.71. The van der Waals surface area contributed by atoms with Crippen LogP contribution in [0.25, 0.3) is 0 Å². The van der Waals surface area contributed by atoms with Crippen molar-refractivity contribution in [1.29, 1.82) is 0 Å². The van der Waals surface area contributed by atoms with Gasteiger partial charge in [0.2, 0.25) is 5.91 Å². The molecule has 1 atom stereocenters. The minimum Gasteiger partial charge on any atom is -0.496 e. The maximum Gasteiger partial charge on any atom is 0.335 e. The molecule has 0 aliphatic rings. The number of carbonyl (C=O) groups excluding carboxylic acids is 2. The molecule has 182 valence electrons. The summed E-state index contributed by atoms with van der Waals surface area (Å²) in [7, 11) is 2.95. The van der Waals surface area contributed by atoms with E-state index in [-0.39, 0.29) is 27.7 Å². The van der Waals surface area contributed by atoms with Gasteiger partial charge < -0.3 is 25.2 Å². The molecule has 0 aromatic heterocycles. The first-order valence-corrected chi connectivity index (χ1v) is 11.6. The van der Waals surface area contributed by atoms with Crippen molar-refractivity contribution >= 4 is 52.5 Å². The summed E-state index contributed by atoms with van der Waals surface area (Å²) in [5.74, 6) is -1.12. The molecule has 0 aliphatic heterocycles. The van der Waals surface area contributed by atoms with E-state index in [1.54, 1.807) is 43.3 Å². The standard InChI is InChI=1S/C25H23ClN2O6S/c1-14(23(29)28-19-12-15(25(31)32)10-11-18(19)26)35-17-7-4-6-16(13-17)27-24(30)22-20(33-2)8-5-9-21(22)34-3/h4-14H,1-3H3,(H,27,30)(H,28,29)(H,31,32). The van der Waals surface area contributed by atoms with Crippen LogP contribution in [0.4, 0.5) is 11.4 Å². The van der Waals surface area contributed by atoms with Crippen molar-refractivity contribution in [2.75, 3.05) is 24.9 Å². The molecule has 1 unspecified atom stereocenters. The van der Waals surface area contributed by atoms with Gasteiger partial charge in [-0.05, 0) is 55.5 Å². The third-order valence-electron chi connectivity index (χ3n) is 4.90. The summed E-state index contributed by atoms with van der Waals surface area (Å²) < 4.78 is 10.6. The Bertz CT molecular complexity index is 1240. The number of carboxylic acid groups (broad SMARTS) is 1. The molecule has 3 N–H and O–H groups in total. The lowest BCUT2D eigenvalue weighted by Gasteiger charge is -2.15. The molecule has 0 fully saturated rings. The molecule has 0 bridgehead atoms. The summed E-state index contributed by atoms with van der Waals surface area (Å²) in [4.78, 5) is 37.6. The lowest BCUT2D eigenvalue weighted by atomic mass is 10.1. The number of hydrogen-bond donors (Lipinski definition) is 3. The van der Waals surface area contributed by atoms with Gasteiger partial charge in [-0.3, -0.25) is 9.59 Å². The summed E-state index contributed by atoms with van der Waals surface area (Å²) in [5, 5.41) is 14.3. The molecule has 3 aromatic carbocycles. The van der Waals surface area contributed by atoms with E-state index >= 15 is 0 Å². The second-order valence-electron chi connectivity index (χ2n) is 7.27. The van der Waals surface area contributed by atoms with Crippen molar-refractivity contribution in [2.24, 2.45) is 0 Å². The Labute approximate surface area is 211 Å². The first-order valence-electron chi connectivity index (χ1n) is 10.4. The SMILES string of the molecule is COc1cccc(OC)c1C(=O)Nc1cccc(SC(C)C(=O)Nc2cc(C(=O)O)ccc2Cl)c1. The highest BCUT2D eigenvalue weighted by Gasteiger charge is 2.20. The number of halogens is 1. The van der Waals surface area contributed by atoms with Crippen LogP contribution in [0.2, 0.25) is 5.02 Å². The van der Waals surface area contributed by atoms with E-state index in [1.165, 1.54) is 44.2 Å². The van der Waals surface area contributed by atoms with Crippen LogP contribution in [0.5, 0.6) is 11.5 Å². The number of amides is 2. The van der Waals surface area contributed by atoms with Crippen molar-refractivity contribution in [3.63, 3.8) is 0 Å². The fourth-order valence-corrected chi connectivity index (χ4v) is 4.25. The fraction of sp³-hybridized carbons (Fsp3) is 0.160. The van der Waals surface area contributed by atoms with Crippen molar-refractivity contribution in [3.05, 3.63) is 76.8 Å². The number of rotatable bonds is 9. The van der Waals surface area contributed by atoms with Crippen LogP contribution in [-0.4, -0.2) is 42.4 Å². The Morgan fingerprint density at radius 2 is 1.60 bits per heavy atom. The number of carbonyl (C=O) groups is 3. The number of thioether (sulfide) groups is 1. The molecule has 0 heterocycles. The molecule has 8 nitrogen and oxygen atoms in total. The molecule has 2 amide bonds. The molecule has 35 heavy (non-hydrogen) atoms. The van der Waals surface area contributed by atoms with E-state index in [4.69, 9.17) is 26.2 Å². The smallest absolute Gasteiger partial charge is 0.335 e. The molecule has 3 rings (SSSR count). The van der Waals surface area contributed by atoms with E-state index in [0.717, 1.165) is 4.90 Å². The van der Waals surface area contributed by atoms with Gasteiger partial charge in [0.15, 0.2) is 0 Å². The Morgan fingerprint density at radius 1 is 0.943 bits per heavy atom. The van der Waals surface area contributed by atoms with Gasteiger partial charge in [0.25, 0.3) is 5.91 Å². The van der Waals surface area contributed by atoms with Gasteiger partial charge in [-0.25, -0.2) is 4.79 Å². The predicted octanol–water partition coefficient (Wildman–Crippen LogP) is 5.43. The van der Waals surface area contributed by atoms with Crippen LogP contribution >= 0.6 is 23.4 Å². The fourth-order valence-electron chi connectivity index (χ4n) is 3.16. The van der Waals surface area contributed by atoms with Crippen LogP contribution in [0, 0.1) is 0 Å². The second kappa shape index (κ2) is 11.6. The molecular weight excluding hydrogens is 492 g/mol. The quantitative estimate of drug-likeness (QED) is 0.326. The van der Waals surface area contributed by atoms with Gasteiger partial charge in [-0.15, -0.1) is 11.8 Å². The number of carboxylic acids is 1. The average Bonchev–Trinajstić information content (AvgIpc) is 2.84. The average molecular weight is 515 g/mol. The molecule has 0 saturated carbocycles. The number of benzene rings is 3. The van der Waals surface area contributed by atoms with E-state index in [2.05, 4.69) is 10.6 Å². The zero-order valence-electron chi connectivity index (χ0n) is 19.1. The Kier molecular flexibility index (Phi) is 8.62. The molecule has 10 heteroatoms. The van der Waals surface area contributed by atoms with Crippen molar-refractivity contribution in [2.45, 2.75) is 17.1 Å². The maximum atomic E-state index is 12.9. The van der Waals surface area contributed by atoms with E-state index in [0.29, 0.717) is 17.2 Å². The van der Waals surface area contributed by atoms with E-state index in [1.807, 2.05) is 6.07 Å². The highest BCUT2D eigenvalue weighted by molar-refractivity contribution is 8.00. The number of nitrogens with one attached hydrogen (secondary N) is 2. The normalized spacial score (nSPS) is 11.3. The number of methoxy groups -OCH3 is 2. The third-order valence-corrected chi connectivity index (χ3v) is 6.32. The van der Waals surface area contributed by atoms with Crippen LogP contribution in [-0.2, 0) is 4.79 Å². The van der Waals surface area contributed by atoms with Crippen molar-refractivity contribution < 1.29 is 29.0 Å². The summed E-state index contributed by atoms with van der Waals surface area (Å²) >= 11 is 7.37. The number of hydrogen-bond acceptors (Lipinski definition) is 6. The van der Waals surface area contributed by atoms with Crippen LogP contribution in [0.1, 0.15) is 27.6 Å². The number of anilines is 2. The highest BCUT2D eigenvalue weighted by atomic mass is 35.5. The lowest BCUT2D eigenvalue weighted by Crippen LogP contribution is -2.22. The first-order chi connectivity index (χ1) is 16.7. The van der Waals surface area contributed by atoms with Crippen molar-refractivity contribution in [3.8, 4) is 11.5 Å². The minimum atomic E-state index is -1.12. The summed E-state index contributed by atoms with van der Waals surface area (Å²) in [6, 6.07) is 16.2. The number of aromatic carboxylic acids is 1. The van der Waals surface area contributed by atoms with Gasteiger partial charge >= 0.3 is 5.97 Å². The monoisotopic (exact) mass is 514 g/mol. The van der Waals surface area contributed by atoms with Gasteiger partial charge in [-0.1, -0.05) is 23.7 Å². The molecule has 3 aromatic rings. The van der Waals surface area contributed by atoms with Gasteiger partial charge in [0.1, 0.15) is 17.1 Å². The van der Waals surface area contributed by atoms with Crippen molar-refractivity contribution in [1.82, 2.24) is 0 Å².